The van der Waals surface area contributed by atoms with E-state index in [-0.39, 0.29) is 62.1 Å². The van der Waals surface area contributed by atoms with Gasteiger partial charge in [-0.15, -0.1) is 0 Å². The van der Waals surface area contributed by atoms with Gasteiger partial charge in [0.25, 0.3) is 5.56 Å². The summed E-state index contributed by atoms with van der Waals surface area (Å²) in [4.78, 5) is 39.6. The molecule has 1 aromatic carbocycles. The molecular formula is C32H28Cl3FN6O3. The number of aryl methyl sites for hydroxylation is 1. The summed E-state index contributed by atoms with van der Waals surface area (Å²) < 4.78 is 16.8. The van der Waals surface area contributed by atoms with E-state index in [1.54, 1.807) is 24.1 Å². The van der Waals surface area contributed by atoms with Gasteiger partial charge in [-0.1, -0.05) is 55.2 Å². The molecule has 3 aromatic heterocycles. The number of rotatable bonds is 5. The number of aromatic hydroxyl groups is 1. The molecule has 1 atom stereocenters. The number of phenolic OH excluding ortho intramolecular Hbond substituents is 1. The fourth-order valence-electron chi connectivity index (χ4n) is 5.77. The van der Waals surface area contributed by atoms with Crippen LogP contribution < -0.4 is 10.5 Å². The molecule has 0 bridgehead atoms. The molecule has 1 aliphatic heterocycles. The summed E-state index contributed by atoms with van der Waals surface area (Å²) in [7, 11) is 0. The van der Waals surface area contributed by atoms with E-state index in [4.69, 9.17) is 39.8 Å². The third kappa shape index (κ3) is 5.39. The van der Waals surface area contributed by atoms with Crippen molar-refractivity contribution in [3.05, 3.63) is 85.1 Å². The molecule has 1 fully saturated rings. The molecule has 9 nitrogen and oxygen atoms in total. The molecule has 232 valence electrons. The van der Waals surface area contributed by atoms with Crippen LogP contribution >= 0.6 is 34.8 Å². The Morgan fingerprint density at radius 2 is 1.91 bits per heavy atom. The zero-order valence-corrected chi connectivity index (χ0v) is 27.1. The van der Waals surface area contributed by atoms with Gasteiger partial charge in [-0.25, -0.2) is 9.37 Å². The minimum atomic E-state index is -1.01. The summed E-state index contributed by atoms with van der Waals surface area (Å²) in [5, 5.41) is 20.9. The first kappa shape index (κ1) is 32.2. The quantitative estimate of drug-likeness (QED) is 0.184. The minimum absolute atomic E-state index is 0.0403. The van der Waals surface area contributed by atoms with Gasteiger partial charge in [0.2, 0.25) is 5.91 Å². The molecule has 4 aromatic rings. The average molecular weight is 670 g/mol. The van der Waals surface area contributed by atoms with Gasteiger partial charge in [0.1, 0.15) is 23.0 Å². The normalized spacial score (nSPS) is 15.1. The highest BCUT2D eigenvalue weighted by molar-refractivity contribution is 6.37. The van der Waals surface area contributed by atoms with Gasteiger partial charge < -0.3 is 14.9 Å². The lowest BCUT2D eigenvalue weighted by Gasteiger charge is -2.41. The molecule has 0 aliphatic carbocycles. The van der Waals surface area contributed by atoms with E-state index < -0.39 is 22.7 Å². The molecule has 13 heteroatoms. The van der Waals surface area contributed by atoms with Crippen LogP contribution in [0.1, 0.15) is 43.5 Å². The summed E-state index contributed by atoms with van der Waals surface area (Å²) in [6, 6.07) is 6.08. The van der Waals surface area contributed by atoms with Gasteiger partial charge in [0.05, 0.1) is 43.4 Å². The van der Waals surface area contributed by atoms with Gasteiger partial charge in [-0.3, -0.25) is 19.1 Å². The van der Waals surface area contributed by atoms with E-state index in [1.807, 2.05) is 25.7 Å². The number of anilines is 1. The molecular weight excluding hydrogens is 642 g/mol. The number of aromatic nitrogens is 3. The number of hydrogen-bond acceptors (Lipinski definition) is 7. The standard InChI is InChI=1S/C32H28Cl3FN6O3/c1-6-23(43)41-10-9-40(14-17(41)5)29-18-11-21(34)27(24-25(36)20(33)12-22(35)30(24)44)39-31(18)42(32(45)19(29)13-37)28-16(4)7-8-38-26(28)15(2)3/h6-8,11-12,15,17,44H,1,9-10,14H2,2-5H3/t17-/m1/s1. The molecule has 1 N–H and O–H groups in total. The zero-order valence-electron chi connectivity index (χ0n) is 24.8. The Morgan fingerprint density at radius 3 is 2.53 bits per heavy atom. The van der Waals surface area contributed by atoms with Gasteiger partial charge >= 0.3 is 0 Å². The van der Waals surface area contributed by atoms with Crippen LogP contribution in [0.25, 0.3) is 28.0 Å². The predicted molar refractivity (Wildman–Crippen MR) is 174 cm³/mol. The summed E-state index contributed by atoms with van der Waals surface area (Å²) >= 11 is 19.0. The smallest absolute Gasteiger partial charge is 0.276 e. The number of piperazine rings is 1. The number of halogens is 4. The van der Waals surface area contributed by atoms with E-state index in [0.717, 1.165) is 6.07 Å². The molecule has 0 radical (unpaired) electrons. The number of amides is 1. The minimum Gasteiger partial charge on any atom is -0.506 e. The van der Waals surface area contributed by atoms with E-state index >= 15 is 4.39 Å². The maximum atomic E-state index is 15.5. The van der Waals surface area contributed by atoms with Gasteiger partial charge in [0, 0.05) is 37.3 Å². The van der Waals surface area contributed by atoms with Crippen molar-refractivity contribution in [2.24, 2.45) is 0 Å². The van der Waals surface area contributed by atoms with Crippen molar-refractivity contribution in [3.8, 4) is 28.8 Å². The van der Waals surface area contributed by atoms with Crippen LogP contribution in [0, 0.1) is 24.1 Å². The Bertz CT molecular complexity index is 1980. The molecule has 0 saturated carbocycles. The topological polar surface area (TPSA) is 115 Å². The number of nitrogens with zero attached hydrogens (tertiary/aromatic N) is 6. The van der Waals surface area contributed by atoms with Crippen molar-refractivity contribution in [3.63, 3.8) is 0 Å². The van der Waals surface area contributed by atoms with Gasteiger partial charge in [-0.05, 0) is 49.6 Å². The number of carbonyl (C=O) groups excluding carboxylic acids is 1. The average Bonchev–Trinajstić information content (AvgIpc) is 3.00. The number of benzene rings is 1. The molecule has 1 saturated heterocycles. The van der Waals surface area contributed by atoms with Gasteiger partial charge in [-0.2, -0.15) is 5.26 Å². The number of nitriles is 1. The van der Waals surface area contributed by atoms with Crippen LogP contribution in [0.5, 0.6) is 5.75 Å². The highest BCUT2D eigenvalue weighted by Gasteiger charge is 2.32. The van der Waals surface area contributed by atoms with Crippen molar-refractivity contribution >= 4 is 57.4 Å². The number of carbonyl (C=O) groups is 1. The van der Waals surface area contributed by atoms with Crippen molar-refractivity contribution < 1.29 is 14.3 Å². The first-order chi connectivity index (χ1) is 21.3. The van der Waals surface area contributed by atoms with Gasteiger partial charge in [0.15, 0.2) is 5.82 Å². The lowest BCUT2D eigenvalue weighted by molar-refractivity contribution is -0.128. The van der Waals surface area contributed by atoms with E-state index in [2.05, 4.69) is 17.6 Å². The van der Waals surface area contributed by atoms with Crippen LogP contribution in [0.3, 0.4) is 0 Å². The maximum Gasteiger partial charge on any atom is 0.276 e. The van der Waals surface area contributed by atoms with E-state index in [0.29, 0.717) is 35.4 Å². The molecule has 45 heavy (non-hydrogen) atoms. The lowest BCUT2D eigenvalue weighted by Crippen LogP contribution is -2.54. The SMILES string of the molecule is C=CC(=O)N1CCN(c2c(C#N)c(=O)n(-c3c(C)ccnc3C(C)C)c3nc(-c4c(O)c(Cl)cc(Cl)c4F)c(Cl)cc23)C[C@H]1C. The maximum absolute atomic E-state index is 15.5. The Hall–Kier alpha value is -4.17. The van der Waals surface area contributed by atoms with Crippen molar-refractivity contribution in [1.29, 1.82) is 5.26 Å². The lowest BCUT2D eigenvalue weighted by atomic mass is 10.0. The third-order valence-corrected chi connectivity index (χ3v) is 8.75. The number of phenols is 1. The Morgan fingerprint density at radius 1 is 1.20 bits per heavy atom. The molecule has 1 amide bonds. The summed E-state index contributed by atoms with van der Waals surface area (Å²) in [6.07, 6.45) is 2.87. The van der Waals surface area contributed by atoms with Crippen molar-refractivity contribution in [1.82, 2.24) is 19.4 Å². The summed E-state index contributed by atoms with van der Waals surface area (Å²) in [5.41, 5.74) is 0.472. The largest absolute Gasteiger partial charge is 0.506 e. The summed E-state index contributed by atoms with van der Waals surface area (Å²) in [6.45, 7) is 12.0. The fourth-order valence-corrected chi connectivity index (χ4v) is 6.48. The Kier molecular flexibility index (Phi) is 8.82. The highest BCUT2D eigenvalue weighted by atomic mass is 35.5. The predicted octanol–water partition coefficient (Wildman–Crippen LogP) is 6.78. The Labute approximate surface area is 273 Å². The van der Waals surface area contributed by atoms with Crippen molar-refractivity contribution in [2.45, 2.75) is 39.7 Å². The second-order valence-electron chi connectivity index (χ2n) is 11.1. The number of fused-ring (bicyclic) bond motifs is 1. The van der Waals surface area contributed by atoms with Crippen LogP contribution in [0.4, 0.5) is 10.1 Å². The molecule has 0 unspecified atom stereocenters. The zero-order chi connectivity index (χ0) is 32.9. The Balaban J connectivity index is 1.93. The van der Waals surface area contributed by atoms with Crippen molar-refractivity contribution in [2.75, 3.05) is 24.5 Å². The second-order valence-corrected chi connectivity index (χ2v) is 12.3. The molecule has 0 spiro atoms. The van der Waals surface area contributed by atoms with Crippen LogP contribution in [0.2, 0.25) is 15.1 Å². The van der Waals surface area contributed by atoms with Crippen LogP contribution in [0.15, 0.2) is 41.8 Å². The molecule has 5 rings (SSSR count). The van der Waals surface area contributed by atoms with Crippen LogP contribution in [-0.2, 0) is 4.79 Å². The highest BCUT2D eigenvalue weighted by Crippen LogP contribution is 2.44. The fraction of sp³-hybridized carbons (Fsp3) is 0.281. The first-order valence-corrected chi connectivity index (χ1v) is 15.2. The summed E-state index contributed by atoms with van der Waals surface area (Å²) in [5.74, 6) is -2.00. The molecule has 1 aliphatic rings. The van der Waals surface area contributed by atoms with E-state index in [1.165, 1.54) is 16.7 Å². The third-order valence-electron chi connectivity index (χ3n) is 7.90. The number of hydrogen-bond donors (Lipinski definition) is 1. The van der Waals surface area contributed by atoms with Crippen LogP contribution in [-0.4, -0.2) is 56.1 Å². The first-order valence-electron chi connectivity index (χ1n) is 14.0. The number of pyridine rings is 3. The molecule has 4 heterocycles. The van der Waals surface area contributed by atoms with E-state index in [9.17, 15) is 20.0 Å². The second kappa shape index (κ2) is 12.3. The monoisotopic (exact) mass is 668 g/mol.